The van der Waals surface area contributed by atoms with Gasteiger partial charge in [-0.2, -0.15) is 12.6 Å². The zero-order valence-corrected chi connectivity index (χ0v) is 6.66. The fourth-order valence-corrected chi connectivity index (χ4v) is 1.14. The van der Waals surface area contributed by atoms with Crippen LogP contribution in [0.4, 0.5) is 0 Å². The van der Waals surface area contributed by atoms with Crippen LogP contribution in [-0.4, -0.2) is 30.8 Å². The first kappa shape index (κ1) is 7.88. The van der Waals surface area contributed by atoms with E-state index in [2.05, 4.69) is 23.3 Å². The topological polar surface area (TPSA) is 41.1 Å². The van der Waals surface area contributed by atoms with Gasteiger partial charge in [0, 0.05) is 12.6 Å². The molecule has 10 heavy (non-hydrogen) atoms. The Bertz CT molecular complexity index is 123. The summed E-state index contributed by atoms with van der Waals surface area (Å²) in [7, 11) is 0. The Labute approximate surface area is 66.0 Å². The van der Waals surface area contributed by atoms with Crippen molar-refractivity contribution in [3.05, 3.63) is 0 Å². The molecule has 1 saturated heterocycles. The van der Waals surface area contributed by atoms with Crippen LogP contribution in [0.1, 0.15) is 6.42 Å². The third-order valence-corrected chi connectivity index (χ3v) is 1.86. The number of nitrogens with one attached hydrogen (secondary N) is 2. The Morgan fingerprint density at radius 2 is 2.60 bits per heavy atom. The van der Waals surface area contributed by atoms with Gasteiger partial charge in [0.1, 0.15) is 0 Å². The third kappa shape index (κ3) is 2.19. The average Bonchev–Trinajstić information content (AvgIpc) is 2.40. The summed E-state index contributed by atoms with van der Waals surface area (Å²) in [6.45, 7) is 1.91. The summed E-state index contributed by atoms with van der Waals surface area (Å²) < 4.78 is 0. The molecule has 0 radical (unpaired) electrons. The van der Waals surface area contributed by atoms with Crippen LogP contribution in [0.3, 0.4) is 0 Å². The molecule has 3 nitrogen and oxygen atoms in total. The first-order valence-corrected chi connectivity index (χ1v) is 4.07. The first-order valence-electron chi connectivity index (χ1n) is 3.44. The lowest BCUT2D eigenvalue weighted by Crippen LogP contribution is -2.36. The Morgan fingerprint density at radius 3 is 3.10 bits per heavy atom. The third-order valence-electron chi connectivity index (χ3n) is 1.57. The van der Waals surface area contributed by atoms with Gasteiger partial charge in [-0.25, -0.2) is 0 Å². The molecular weight excluding hydrogens is 148 g/mol. The second kappa shape index (κ2) is 3.83. The fourth-order valence-electron chi connectivity index (χ4n) is 1.05. The Kier molecular flexibility index (Phi) is 3.02. The molecule has 0 saturated carbocycles. The van der Waals surface area contributed by atoms with E-state index in [-0.39, 0.29) is 11.7 Å². The molecule has 1 aliphatic rings. The van der Waals surface area contributed by atoms with E-state index in [0.29, 0.717) is 6.04 Å². The van der Waals surface area contributed by atoms with Crippen LogP contribution in [0, 0.1) is 0 Å². The van der Waals surface area contributed by atoms with Crippen LogP contribution < -0.4 is 10.6 Å². The van der Waals surface area contributed by atoms with E-state index in [4.69, 9.17) is 0 Å². The summed E-state index contributed by atoms with van der Waals surface area (Å²) in [4.78, 5) is 10.8. The van der Waals surface area contributed by atoms with Crippen molar-refractivity contribution in [2.45, 2.75) is 12.5 Å². The number of carbonyl (C=O) groups is 1. The van der Waals surface area contributed by atoms with Crippen molar-refractivity contribution in [3.8, 4) is 0 Å². The molecule has 0 aliphatic carbocycles. The van der Waals surface area contributed by atoms with Gasteiger partial charge in [0.15, 0.2) is 0 Å². The van der Waals surface area contributed by atoms with Crippen molar-refractivity contribution in [3.63, 3.8) is 0 Å². The van der Waals surface area contributed by atoms with E-state index < -0.39 is 0 Å². The second-order valence-electron chi connectivity index (χ2n) is 2.42. The zero-order valence-electron chi connectivity index (χ0n) is 5.76. The van der Waals surface area contributed by atoms with Crippen molar-refractivity contribution in [2.75, 3.05) is 18.8 Å². The normalized spacial score (nSPS) is 24.7. The molecule has 0 aromatic rings. The molecule has 1 fully saturated rings. The van der Waals surface area contributed by atoms with Crippen LogP contribution in [0.5, 0.6) is 0 Å². The summed E-state index contributed by atoms with van der Waals surface area (Å²) in [5, 5.41) is 6.01. The summed E-state index contributed by atoms with van der Waals surface area (Å²) >= 11 is 3.86. The van der Waals surface area contributed by atoms with E-state index in [1.165, 1.54) is 0 Å². The number of hydrogen-bond donors (Lipinski definition) is 3. The Hall–Kier alpha value is -0.220. The molecule has 0 spiro atoms. The highest BCUT2D eigenvalue weighted by Gasteiger charge is 2.15. The molecule has 1 rings (SSSR count). The van der Waals surface area contributed by atoms with Gasteiger partial charge >= 0.3 is 0 Å². The fraction of sp³-hybridized carbons (Fsp3) is 0.833. The van der Waals surface area contributed by atoms with Crippen LogP contribution >= 0.6 is 12.6 Å². The summed E-state index contributed by atoms with van der Waals surface area (Å²) in [5.41, 5.74) is 0. The lowest BCUT2D eigenvalue weighted by Gasteiger charge is -2.08. The van der Waals surface area contributed by atoms with Gasteiger partial charge in [-0.1, -0.05) is 0 Å². The summed E-state index contributed by atoms with van der Waals surface area (Å²) in [5.74, 6) is 0.313. The summed E-state index contributed by atoms with van der Waals surface area (Å²) in [6.07, 6.45) is 1.04. The number of hydrogen-bond acceptors (Lipinski definition) is 3. The van der Waals surface area contributed by atoms with E-state index >= 15 is 0 Å². The van der Waals surface area contributed by atoms with E-state index in [9.17, 15) is 4.79 Å². The predicted octanol–water partition coefficient (Wildman–Crippen LogP) is -0.606. The molecule has 58 valence electrons. The highest BCUT2D eigenvalue weighted by atomic mass is 32.1. The maximum Gasteiger partial charge on any atom is 0.229 e. The predicted molar refractivity (Wildman–Crippen MR) is 43.3 cm³/mol. The minimum Gasteiger partial charge on any atom is -0.351 e. The highest BCUT2D eigenvalue weighted by Crippen LogP contribution is 1.96. The van der Waals surface area contributed by atoms with Gasteiger partial charge in [0.2, 0.25) is 5.91 Å². The standard InChI is InChI=1S/C6H12N2OS/c9-6(4-10)8-5-1-2-7-3-5/h5,7,10H,1-4H2,(H,8,9). The minimum absolute atomic E-state index is 0.0250. The number of amides is 1. The van der Waals surface area contributed by atoms with Gasteiger partial charge in [-0.15, -0.1) is 0 Å². The molecule has 1 atom stereocenters. The summed E-state index contributed by atoms with van der Waals surface area (Å²) in [6, 6.07) is 0.333. The van der Waals surface area contributed by atoms with E-state index in [1.54, 1.807) is 0 Å². The lowest BCUT2D eigenvalue weighted by atomic mass is 10.3. The molecule has 2 N–H and O–H groups in total. The average molecular weight is 160 g/mol. The van der Waals surface area contributed by atoms with Crippen molar-refractivity contribution in [1.29, 1.82) is 0 Å². The molecule has 1 amide bonds. The van der Waals surface area contributed by atoms with E-state index in [1.807, 2.05) is 0 Å². The van der Waals surface area contributed by atoms with Gasteiger partial charge in [-0.05, 0) is 13.0 Å². The second-order valence-corrected chi connectivity index (χ2v) is 2.73. The Balaban J connectivity index is 2.17. The van der Waals surface area contributed by atoms with Crippen molar-refractivity contribution in [1.82, 2.24) is 10.6 Å². The molecule has 0 bridgehead atoms. The first-order chi connectivity index (χ1) is 4.83. The minimum atomic E-state index is 0.0250. The quantitative estimate of drug-likeness (QED) is 0.472. The van der Waals surface area contributed by atoms with Crippen molar-refractivity contribution >= 4 is 18.5 Å². The van der Waals surface area contributed by atoms with Gasteiger partial charge in [0.25, 0.3) is 0 Å². The molecular formula is C6H12N2OS. The molecule has 0 aromatic heterocycles. The number of carbonyl (C=O) groups excluding carboxylic acids is 1. The molecule has 1 heterocycles. The van der Waals surface area contributed by atoms with Crippen LogP contribution in [-0.2, 0) is 4.79 Å². The largest absolute Gasteiger partial charge is 0.351 e. The number of thiol groups is 1. The van der Waals surface area contributed by atoms with Gasteiger partial charge in [0.05, 0.1) is 5.75 Å². The highest BCUT2D eigenvalue weighted by molar-refractivity contribution is 7.81. The molecule has 0 aromatic carbocycles. The molecule has 1 aliphatic heterocycles. The maximum absolute atomic E-state index is 10.8. The van der Waals surface area contributed by atoms with E-state index in [0.717, 1.165) is 19.5 Å². The lowest BCUT2D eigenvalue weighted by molar-refractivity contribution is -0.119. The zero-order chi connectivity index (χ0) is 7.40. The smallest absolute Gasteiger partial charge is 0.229 e. The van der Waals surface area contributed by atoms with Crippen LogP contribution in [0.25, 0.3) is 0 Å². The van der Waals surface area contributed by atoms with Crippen molar-refractivity contribution < 1.29 is 4.79 Å². The molecule has 1 unspecified atom stereocenters. The molecule has 4 heteroatoms. The Morgan fingerprint density at radius 1 is 1.80 bits per heavy atom. The van der Waals surface area contributed by atoms with Crippen LogP contribution in [0.15, 0.2) is 0 Å². The van der Waals surface area contributed by atoms with Crippen molar-refractivity contribution in [2.24, 2.45) is 0 Å². The number of rotatable bonds is 2. The monoisotopic (exact) mass is 160 g/mol. The van der Waals surface area contributed by atoms with Gasteiger partial charge in [-0.3, -0.25) is 4.79 Å². The SMILES string of the molecule is O=C(CS)NC1CCNC1. The van der Waals surface area contributed by atoms with Gasteiger partial charge < -0.3 is 10.6 Å². The maximum atomic E-state index is 10.8. The van der Waals surface area contributed by atoms with Crippen LogP contribution in [0.2, 0.25) is 0 Å².